The molecule has 0 fully saturated rings. The third kappa shape index (κ3) is 3.86. The second kappa shape index (κ2) is 10.0. The van der Waals surface area contributed by atoms with Crippen LogP contribution in [0.25, 0.3) is 77.5 Å². The molecule has 0 aliphatic heterocycles. The van der Waals surface area contributed by atoms with Gasteiger partial charge >= 0.3 is 0 Å². The highest BCUT2D eigenvalue weighted by Crippen LogP contribution is 2.53. The fourth-order valence-corrected chi connectivity index (χ4v) is 7.08. The first-order valence-corrected chi connectivity index (χ1v) is 15.2. The van der Waals surface area contributed by atoms with Crippen LogP contribution in [-0.2, 0) is 14.1 Å². The third-order valence-electron chi connectivity index (χ3n) is 9.41. The van der Waals surface area contributed by atoms with Gasteiger partial charge < -0.3 is 39.8 Å². The molecule has 0 aliphatic carbocycles. The zero-order chi connectivity index (χ0) is 33.8. The predicted molar refractivity (Wildman–Crippen MR) is 186 cm³/mol. The molecule has 0 radical (unpaired) electrons. The van der Waals surface area contributed by atoms with E-state index in [0.29, 0.717) is 55.7 Å². The van der Waals surface area contributed by atoms with Gasteiger partial charge in [0.1, 0.15) is 23.1 Å². The lowest BCUT2D eigenvalue weighted by Gasteiger charge is -2.20. The lowest BCUT2D eigenvalue weighted by atomic mass is 9.87. The van der Waals surface area contributed by atoms with Gasteiger partial charge in [-0.25, -0.2) is 9.97 Å². The number of aromatic hydroxyl groups is 6. The number of phenols is 6. The highest BCUT2D eigenvalue weighted by atomic mass is 16.3. The molecule has 238 valence electrons. The monoisotopic (exact) mass is 638 g/mol. The molecule has 2 aromatic heterocycles. The summed E-state index contributed by atoms with van der Waals surface area (Å²) < 4.78 is 3.62. The number of fused-ring (bicyclic) bond motifs is 4. The van der Waals surface area contributed by atoms with Gasteiger partial charge in [0, 0.05) is 46.8 Å². The van der Waals surface area contributed by atoms with E-state index in [1.165, 1.54) is 12.1 Å². The summed E-state index contributed by atoms with van der Waals surface area (Å²) in [6.45, 7) is 3.55. The van der Waals surface area contributed by atoms with Crippen LogP contribution in [0.4, 0.5) is 0 Å². The van der Waals surface area contributed by atoms with E-state index in [-0.39, 0.29) is 44.9 Å². The first kappa shape index (κ1) is 29.0. The molecule has 10 heteroatoms. The molecule has 10 nitrogen and oxygen atoms in total. The molecular weight excluding hydrogens is 608 g/mol. The van der Waals surface area contributed by atoms with Crippen molar-refractivity contribution in [3.63, 3.8) is 0 Å². The van der Waals surface area contributed by atoms with E-state index in [9.17, 15) is 30.6 Å². The number of hydrogen-bond acceptors (Lipinski definition) is 8. The van der Waals surface area contributed by atoms with Gasteiger partial charge in [0.05, 0.1) is 33.2 Å². The molecular formula is C38H30N4O6. The molecule has 2 heterocycles. The molecule has 0 bridgehead atoms. The first-order chi connectivity index (χ1) is 23.0. The van der Waals surface area contributed by atoms with Crippen LogP contribution in [0.15, 0.2) is 72.8 Å². The molecule has 8 rings (SSSR count). The summed E-state index contributed by atoms with van der Waals surface area (Å²) in [6.07, 6.45) is 0. The standard InChI is InChI=1S/C38H30N4O6/c1-17-13-19-21(15-27(43)35(47)31(19)37-39-23-9-5-7-11-25(23)41(37)3)33(45)29(17)30-18(2)14-20-22(34(30)46)16-28(44)36(48)32(20)38-40-24-10-6-8-12-26(24)42(38)4/h5-16,43-48H,1-4H3. The Balaban J connectivity index is 1.41. The van der Waals surface area contributed by atoms with Crippen molar-refractivity contribution in [3.8, 4) is 68.4 Å². The van der Waals surface area contributed by atoms with Crippen LogP contribution < -0.4 is 0 Å². The summed E-state index contributed by atoms with van der Waals surface area (Å²) in [6, 6.07) is 21.1. The van der Waals surface area contributed by atoms with Gasteiger partial charge in [-0.05, 0) is 73.5 Å². The SMILES string of the molecule is Cc1cc2c(-c3nc4ccccc4n3C)c(O)c(O)cc2c(O)c1-c1c(C)cc2c(-c3nc4ccccc4n3C)c(O)c(O)cc2c1O. The van der Waals surface area contributed by atoms with Crippen molar-refractivity contribution in [1.82, 2.24) is 19.1 Å². The predicted octanol–water partition coefficient (Wildman–Crippen LogP) is 7.62. The molecule has 0 amide bonds. The van der Waals surface area contributed by atoms with Gasteiger partial charge in [-0.15, -0.1) is 0 Å². The van der Waals surface area contributed by atoms with Crippen molar-refractivity contribution >= 4 is 43.6 Å². The largest absolute Gasteiger partial charge is 0.507 e. The Kier molecular flexibility index (Phi) is 6.07. The number of aromatic nitrogens is 4. The fourth-order valence-electron chi connectivity index (χ4n) is 7.08. The Morgan fingerprint density at radius 1 is 0.458 bits per heavy atom. The molecule has 0 aliphatic rings. The quantitative estimate of drug-likeness (QED) is 0.108. The van der Waals surface area contributed by atoms with E-state index < -0.39 is 11.5 Å². The van der Waals surface area contributed by atoms with Gasteiger partial charge in [-0.3, -0.25) is 0 Å². The average molecular weight is 639 g/mol. The highest BCUT2D eigenvalue weighted by molar-refractivity contribution is 6.11. The van der Waals surface area contributed by atoms with E-state index in [0.717, 1.165) is 11.0 Å². The molecule has 0 atom stereocenters. The van der Waals surface area contributed by atoms with E-state index in [1.807, 2.05) is 71.8 Å². The van der Waals surface area contributed by atoms with Gasteiger partial charge in [0.25, 0.3) is 0 Å². The minimum absolute atomic E-state index is 0.225. The van der Waals surface area contributed by atoms with Crippen molar-refractivity contribution in [2.75, 3.05) is 0 Å². The van der Waals surface area contributed by atoms with Gasteiger partial charge in [-0.1, -0.05) is 24.3 Å². The van der Waals surface area contributed by atoms with Crippen molar-refractivity contribution in [2.24, 2.45) is 14.1 Å². The lowest BCUT2D eigenvalue weighted by Crippen LogP contribution is -1.98. The normalized spacial score (nSPS) is 11.8. The molecule has 0 saturated carbocycles. The number of aryl methyl sites for hydroxylation is 4. The maximum absolute atomic E-state index is 11.9. The highest BCUT2D eigenvalue weighted by Gasteiger charge is 2.28. The summed E-state index contributed by atoms with van der Waals surface area (Å²) in [5.41, 5.74) is 5.30. The van der Waals surface area contributed by atoms with Crippen molar-refractivity contribution in [2.45, 2.75) is 13.8 Å². The maximum Gasteiger partial charge on any atom is 0.169 e. The number of benzene rings is 6. The van der Waals surface area contributed by atoms with Gasteiger partial charge in [0.15, 0.2) is 23.0 Å². The Bertz CT molecular complexity index is 2500. The first-order valence-electron chi connectivity index (χ1n) is 15.2. The van der Waals surface area contributed by atoms with Crippen LogP contribution in [0.2, 0.25) is 0 Å². The topological polar surface area (TPSA) is 157 Å². The third-order valence-corrected chi connectivity index (χ3v) is 9.41. The maximum atomic E-state index is 11.9. The number of hydrogen-bond donors (Lipinski definition) is 6. The fraction of sp³-hybridized carbons (Fsp3) is 0.105. The Morgan fingerprint density at radius 3 is 1.21 bits per heavy atom. The van der Waals surface area contributed by atoms with Crippen LogP contribution in [0, 0.1) is 13.8 Å². The molecule has 6 aromatic carbocycles. The van der Waals surface area contributed by atoms with Crippen LogP contribution in [0.1, 0.15) is 11.1 Å². The summed E-state index contributed by atoms with van der Waals surface area (Å²) in [7, 11) is 3.62. The lowest BCUT2D eigenvalue weighted by molar-refractivity contribution is 0.405. The van der Waals surface area contributed by atoms with E-state index in [2.05, 4.69) is 0 Å². The molecule has 0 spiro atoms. The Labute approximate surface area is 273 Å². The minimum Gasteiger partial charge on any atom is -0.507 e. The van der Waals surface area contributed by atoms with Gasteiger partial charge in [-0.2, -0.15) is 0 Å². The zero-order valence-electron chi connectivity index (χ0n) is 26.4. The van der Waals surface area contributed by atoms with Crippen molar-refractivity contribution in [3.05, 3.63) is 83.9 Å². The molecule has 48 heavy (non-hydrogen) atoms. The molecule has 8 aromatic rings. The molecule has 0 unspecified atom stereocenters. The average Bonchev–Trinajstić information content (AvgIpc) is 3.57. The second-order valence-corrected chi connectivity index (χ2v) is 12.2. The van der Waals surface area contributed by atoms with Crippen LogP contribution >= 0.6 is 0 Å². The van der Waals surface area contributed by atoms with Crippen LogP contribution in [0.3, 0.4) is 0 Å². The van der Waals surface area contributed by atoms with Crippen LogP contribution in [-0.4, -0.2) is 49.7 Å². The Hall–Kier alpha value is -6.42. The van der Waals surface area contributed by atoms with E-state index >= 15 is 0 Å². The van der Waals surface area contributed by atoms with Gasteiger partial charge in [0.2, 0.25) is 0 Å². The smallest absolute Gasteiger partial charge is 0.169 e. The second-order valence-electron chi connectivity index (χ2n) is 12.2. The van der Waals surface area contributed by atoms with Crippen LogP contribution in [0.5, 0.6) is 34.5 Å². The number of imidazole rings is 2. The summed E-state index contributed by atoms with van der Waals surface area (Å²) in [4.78, 5) is 9.45. The number of rotatable bonds is 3. The van der Waals surface area contributed by atoms with Crippen molar-refractivity contribution in [1.29, 1.82) is 0 Å². The number of nitrogens with zero attached hydrogens (tertiary/aromatic N) is 4. The molecule has 6 N–H and O–H groups in total. The van der Waals surface area contributed by atoms with E-state index in [1.54, 1.807) is 26.0 Å². The summed E-state index contributed by atoms with van der Waals surface area (Å²) >= 11 is 0. The number of phenolic OH excluding ortho intramolecular Hbond substituents is 6. The van der Waals surface area contributed by atoms with Crippen molar-refractivity contribution < 1.29 is 30.6 Å². The Morgan fingerprint density at radius 2 is 0.833 bits per heavy atom. The minimum atomic E-state index is -0.443. The summed E-state index contributed by atoms with van der Waals surface area (Å²) in [5.74, 6) is -1.29. The zero-order valence-corrected chi connectivity index (χ0v) is 26.4. The molecule has 0 saturated heterocycles. The number of para-hydroxylation sites is 4. The van der Waals surface area contributed by atoms with E-state index in [4.69, 9.17) is 9.97 Å². The summed E-state index contributed by atoms with van der Waals surface area (Å²) in [5, 5.41) is 69.3.